The Labute approximate surface area is 178 Å². The van der Waals surface area contributed by atoms with Crippen LogP contribution in [0.1, 0.15) is 31.9 Å². The highest BCUT2D eigenvalue weighted by Crippen LogP contribution is 2.15. The second-order valence-electron chi connectivity index (χ2n) is 8.06. The van der Waals surface area contributed by atoms with E-state index in [1.54, 1.807) is 0 Å². The zero-order chi connectivity index (χ0) is 21.3. The molecule has 29 heavy (non-hydrogen) atoms. The monoisotopic (exact) mass is 418 g/mol. The molecule has 0 fully saturated rings. The standard InChI is InChI=1S/C23H31ClN2O3/c1-23(2,3)29-22(28)26-20(15-17-9-5-4-6-10-17)21(27)16-25-14-13-18-11-7-8-12-19(18)24/h4-12,20-21,25,27H,13-16H2,1-3H3,(H,26,28)/t20-,21-/m0/s1. The summed E-state index contributed by atoms with van der Waals surface area (Å²) in [4.78, 5) is 12.2. The SMILES string of the molecule is CC(C)(C)OC(=O)N[C@@H](Cc1ccccc1)[C@@H](O)CNCCc1ccccc1Cl. The molecule has 0 saturated heterocycles. The van der Waals surface area contributed by atoms with Crippen molar-refractivity contribution in [3.05, 3.63) is 70.7 Å². The number of alkyl carbamates (subject to hydrolysis) is 1. The highest BCUT2D eigenvalue weighted by molar-refractivity contribution is 6.31. The zero-order valence-electron chi connectivity index (χ0n) is 17.3. The van der Waals surface area contributed by atoms with E-state index in [0.717, 1.165) is 22.6 Å². The molecule has 0 aromatic heterocycles. The van der Waals surface area contributed by atoms with Gasteiger partial charge in [-0.3, -0.25) is 0 Å². The molecule has 0 bridgehead atoms. The van der Waals surface area contributed by atoms with Crippen molar-refractivity contribution < 1.29 is 14.6 Å². The van der Waals surface area contributed by atoms with Gasteiger partial charge < -0.3 is 20.5 Å². The molecule has 0 aliphatic heterocycles. The lowest BCUT2D eigenvalue weighted by atomic mass is 10.0. The zero-order valence-corrected chi connectivity index (χ0v) is 18.1. The Hall–Kier alpha value is -2.08. The van der Waals surface area contributed by atoms with Crippen LogP contribution < -0.4 is 10.6 Å². The van der Waals surface area contributed by atoms with E-state index in [1.807, 2.05) is 75.4 Å². The fraction of sp³-hybridized carbons (Fsp3) is 0.435. The average Bonchev–Trinajstić information content (AvgIpc) is 2.65. The van der Waals surface area contributed by atoms with Gasteiger partial charge >= 0.3 is 6.09 Å². The van der Waals surface area contributed by atoms with Gasteiger partial charge in [-0.15, -0.1) is 0 Å². The second-order valence-corrected chi connectivity index (χ2v) is 8.46. The van der Waals surface area contributed by atoms with Crippen LogP contribution in [0.25, 0.3) is 0 Å². The maximum atomic E-state index is 12.2. The van der Waals surface area contributed by atoms with Gasteiger partial charge in [-0.1, -0.05) is 60.1 Å². The van der Waals surface area contributed by atoms with E-state index in [1.165, 1.54) is 0 Å². The topological polar surface area (TPSA) is 70.6 Å². The van der Waals surface area contributed by atoms with Crippen molar-refractivity contribution in [1.29, 1.82) is 0 Å². The maximum Gasteiger partial charge on any atom is 0.407 e. The van der Waals surface area contributed by atoms with E-state index >= 15 is 0 Å². The molecule has 2 aromatic rings. The van der Waals surface area contributed by atoms with Crippen LogP contribution in [0.15, 0.2) is 54.6 Å². The minimum atomic E-state index is -0.769. The molecule has 6 heteroatoms. The number of carbonyl (C=O) groups is 1. The van der Waals surface area contributed by atoms with E-state index in [9.17, 15) is 9.90 Å². The lowest BCUT2D eigenvalue weighted by Gasteiger charge is -2.27. The Morgan fingerprint density at radius 2 is 1.76 bits per heavy atom. The molecular formula is C23H31ClN2O3. The molecule has 0 radical (unpaired) electrons. The number of amides is 1. The molecule has 0 unspecified atom stereocenters. The highest BCUT2D eigenvalue weighted by atomic mass is 35.5. The molecule has 0 aliphatic rings. The first-order valence-corrected chi connectivity index (χ1v) is 10.3. The Morgan fingerprint density at radius 1 is 1.10 bits per heavy atom. The van der Waals surface area contributed by atoms with Crippen LogP contribution in [-0.2, 0) is 17.6 Å². The molecule has 3 N–H and O–H groups in total. The van der Waals surface area contributed by atoms with Crippen molar-refractivity contribution in [2.24, 2.45) is 0 Å². The molecule has 2 atom stereocenters. The van der Waals surface area contributed by atoms with Crippen LogP contribution in [0, 0.1) is 0 Å². The van der Waals surface area contributed by atoms with Gasteiger partial charge in [0, 0.05) is 11.6 Å². The Morgan fingerprint density at radius 3 is 2.41 bits per heavy atom. The van der Waals surface area contributed by atoms with E-state index in [0.29, 0.717) is 19.5 Å². The van der Waals surface area contributed by atoms with Crippen molar-refractivity contribution in [2.45, 2.75) is 51.4 Å². The van der Waals surface area contributed by atoms with E-state index in [4.69, 9.17) is 16.3 Å². The molecule has 1 amide bonds. The molecule has 158 valence electrons. The van der Waals surface area contributed by atoms with Crippen LogP contribution in [0.3, 0.4) is 0 Å². The molecular weight excluding hydrogens is 388 g/mol. The fourth-order valence-corrected chi connectivity index (χ4v) is 3.16. The number of hydrogen-bond acceptors (Lipinski definition) is 4. The lowest BCUT2D eigenvalue weighted by Crippen LogP contribution is -2.50. The van der Waals surface area contributed by atoms with Crippen LogP contribution in [0.5, 0.6) is 0 Å². The normalized spacial score (nSPS) is 13.6. The maximum absolute atomic E-state index is 12.2. The summed E-state index contributed by atoms with van der Waals surface area (Å²) in [5.41, 5.74) is 1.49. The number of aliphatic hydroxyl groups is 1. The molecule has 5 nitrogen and oxygen atoms in total. The first-order chi connectivity index (χ1) is 13.7. The summed E-state index contributed by atoms with van der Waals surface area (Å²) in [5.74, 6) is 0. The molecule has 2 aromatic carbocycles. The number of carbonyl (C=O) groups excluding carboxylic acids is 1. The lowest BCUT2D eigenvalue weighted by molar-refractivity contribution is 0.0423. The fourth-order valence-electron chi connectivity index (χ4n) is 2.93. The summed E-state index contributed by atoms with van der Waals surface area (Å²) < 4.78 is 5.36. The molecule has 0 saturated carbocycles. The first kappa shape index (κ1) is 23.2. The van der Waals surface area contributed by atoms with Gasteiger partial charge in [-0.2, -0.15) is 0 Å². The van der Waals surface area contributed by atoms with E-state index in [2.05, 4.69) is 10.6 Å². The largest absolute Gasteiger partial charge is 0.444 e. The van der Waals surface area contributed by atoms with Gasteiger partial charge in [0.25, 0.3) is 0 Å². The van der Waals surface area contributed by atoms with Gasteiger partial charge in [0.1, 0.15) is 5.60 Å². The summed E-state index contributed by atoms with van der Waals surface area (Å²) in [6, 6.07) is 17.0. The minimum absolute atomic E-state index is 0.345. The number of aliphatic hydroxyl groups excluding tert-OH is 1. The number of ether oxygens (including phenoxy) is 1. The van der Waals surface area contributed by atoms with Crippen LogP contribution in [0.2, 0.25) is 5.02 Å². The average molecular weight is 419 g/mol. The summed E-state index contributed by atoms with van der Waals surface area (Å²) in [6.45, 7) is 6.45. The van der Waals surface area contributed by atoms with Gasteiger partial charge in [-0.05, 0) is 57.4 Å². The number of nitrogens with one attached hydrogen (secondary N) is 2. The molecule has 2 rings (SSSR count). The highest BCUT2D eigenvalue weighted by Gasteiger charge is 2.24. The smallest absolute Gasteiger partial charge is 0.407 e. The van der Waals surface area contributed by atoms with Crippen LogP contribution >= 0.6 is 11.6 Å². The predicted molar refractivity (Wildman–Crippen MR) is 117 cm³/mol. The summed E-state index contributed by atoms with van der Waals surface area (Å²) in [6.07, 6.45) is -0.0367. The van der Waals surface area contributed by atoms with Gasteiger partial charge in [0.15, 0.2) is 0 Å². The van der Waals surface area contributed by atoms with Crippen LogP contribution in [0.4, 0.5) is 4.79 Å². The number of hydrogen-bond donors (Lipinski definition) is 3. The van der Waals surface area contributed by atoms with Crippen molar-refractivity contribution in [2.75, 3.05) is 13.1 Å². The predicted octanol–water partition coefficient (Wildman–Crippen LogP) is 3.97. The van der Waals surface area contributed by atoms with Crippen molar-refractivity contribution in [3.8, 4) is 0 Å². The number of rotatable bonds is 9. The molecule has 0 heterocycles. The van der Waals surface area contributed by atoms with Crippen molar-refractivity contribution in [3.63, 3.8) is 0 Å². The third-order valence-electron chi connectivity index (χ3n) is 4.35. The van der Waals surface area contributed by atoms with Gasteiger partial charge in [0.05, 0.1) is 12.1 Å². The van der Waals surface area contributed by atoms with Crippen LogP contribution in [-0.4, -0.2) is 42.0 Å². The van der Waals surface area contributed by atoms with E-state index in [-0.39, 0.29) is 0 Å². The third-order valence-corrected chi connectivity index (χ3v) is 4.72. The number of halogens is 1. The third kappa shape index (κ3) is 8.86. The quantitative estimate of drug-likeness (QED) is 0.539. The summed E-state index contributed by atoms with van der Waals surface area (Å²) in [7, 11) is 0. The Balaban J connectivity index is 1.91. The number of benzene rings is 2. The molecule has 0 spiro atoms. The first-order valence-electron chi connectivity index (χ1n) is 9.90. The summed E-state index contributed by atoms with van der Waals surface area (Å²) in [5, 5.41) is 17.5. The van der Waals surface area contributed by atoms with Crippen molar-refractivity contribution >= 4 is 17.7 Å². The molecule has 0 aliphatic carbocycles. The second kappa shape index (κ2) is 11.2. The minimum Gasteiger partial charge on any atom is -0.444 e. The Kier molecular flexibility index (Phi) is 8.96. The Bertz CT molecular complexity index is 762. The summed E-state index contributed by atoms with van der Waals surface area (Å²) >= 11 is 6.18. The van der Waals surface area contributed by atoms with E-state index < -0.39 is 23.8 Å². The van der Waals surface area contributed by atoms with Gasteiger partial charge in [-0.25, -0.2) is 4.79 Å². The van der Waals surface area contributed by atoms with Crippen molar-refractivity contribution in [1.82, 2.24) is 10.6 Å². The van der Waals surface area contributed by atoms with Gasteiger partial charge in [0.2, 0.25) is 0 Å².